The molecular weight excluding hydrogens is 333 g/mol. The maximum absolute atomic E-state index is 12.1. The Morgan fingerprint density at radius 1 is 1.22 bits per heavy atom. The number of ether oxygens (including phenoxy) is 1. The second-order valence-corrected chi connectivity index (χ2v) is 5.16. The van der Waals surface area contributed by atoms with Crippen LogP contribution in [0.3, 0.4) is 0 Å². The first-order valence-electron chi connectivity index (χ1n) is 6.97. The van der Waals surface area contributed by atoms with Crippen molar-refractivity contribution in [2.75, 3.05) is 20.2 Å². The molecular formula is C15H22ClF3N2O2. The van der Waals surface area contributed by atoms with Crippen molar-refractivity contribution in [1.29, 1.82) is 0 Å². The first kappa shape index (κ1) is 21.5. The first-order chi connectivity index (χ1) is 10.2. The summed E-state index contributed by atoms with van der Waals surface area (Å²) in [4.78, 5) is 11.9. The lowest BCUT2D eigenvalue weighted by Gasteiger charge is -2.18. The Morgan fingerprint density at radius 2 is 1.78 bits per heavy atom. The number of benzene rings is 1. The van der Waals surface area contributed by atoms with Crippen molar-refractivity contribution < 1.29 is 22.7 Å². The van der Waals surface area contributed by atoms with Gasteiger partial charge in [-0.2, -0.15) is 13.2 Å². The minimum atomic E-state index is -4.36. The van der Waals surface area contributed by atoms with Gasteiger partial charge in [0.15, 0.2) is 6.61 Å². The van der Waals surface area contributed by atoms with E-state index in [1.165, 1.54) is 12.1 Å². The predicted octanol–water partition coefficient (Wildman–Crippen LogP) is 3.08. The molecule has 0 saturated carbocycles. The van der Waals surface area contributed by atoms with Crippen molar-refractivity contribution in [1.82, 2.24) is 10.6 Å². The van der Waals surface area contributed by atoms with Gasteiger partial charge in [-0.1, -0.05) is 19.1 Å². The Kier molecular flexibility index (Phi) is 9.01. The molecule has 0 bridgehead atoms. The third-order valence-electron chi connectivity index (χ3n) is 3.10. The third kappa shape index (κ3) is 8.08. The molecule has 0 heterocycles. The fourth-order valence-corrected chi connectivity index (χ4v) is 1.86. The number of amides is 1. The number of carbonyl (C=O) groups excluding carboxylic acids is 1. The molecule has 0 aliphatic rings. The van der Waals surface area contributed by atoms with Crippen LogP contribution in [0.15, 0.2) is 24.3 Å². The molecule has 1 rings (SSSR count). The third-order valence-corrected chi connectivity index (χ3v) is 3.10. The van der Waals surface area contributed by atoms with Gasteiger partial charge in [0.05, 0.1) is 6.04 Å². The minimum Gasteiger partial charge on any atom is -0.484 e. The van der Waals surface area contributed by atoms with Crippen LogP contribution in [0.25, 0.3) is 0 Å². The van der Waals surface area contributed by atoms with Crippen molar-refractivity contribution in [2.45, 2.75) is 26.1 Å². The second kappa shape index (κ2) is 9.62. The fourth-order valence-electron chi connectivity index (χ4n) is 1.86. The number of rotatable bonds is 7. The summed E-state index contributed by atoms with van der Waals surface area (Å²) >= 11 is 0. The van der Waals surface area contributed by atoms with Crippen molar-refractivity contribution in [3.63, 3.8) is 0 Å². The molecule has 0 aliphatic heterocycles. The van der Waals surface area contributed by atoms with E-state index in [1.54, 1.807) is 19.2 Å². The monoisotopic (exact) mass is 354 g/mol. The Morgan fingerprint density at radius 3 is 2.26 bits per heavy atom. The highest BCUT2D eigenvalue weighted by atomic mass is 35.5. The van der Waals surface area contributed by atoms with Gasteiger partial charge in [-0.05, 0) is 31.7 Å². The lowest BCUT2D eigenvalue weighted by atomic mass is 10.1. The Bertz CT molecular complexity index is 481. The van der Waals surface area contributed by atoms with Crippen LogP contribution in [0, 0.1) is 5.92 Å². The van der Waals surface area contributed by atoms with Gasteiger partial charge in [0, 0.05) is 12.5 Å². The van der Waals surface area contributed by atoms with Crippen LogP contribution in [0.5, 0.6) is 5.75 Å². The molecule has 2 unspecified atom stereocenters. The standard InChI is InChI=1S/C15H21F3N2O2.ClH/c1-10(8-19-3)14(21)20-11(2)12-4-6-13(7-5-12)22-9-15(16,17)18;/h4-7,10-11,19H,8-9H2,1-3H3,(H,20,21);1H. The predicted molar refractivity (Wildman–Crippen MR) is 84.9 cm³/mol. The largest absolute Gasteiger partial charge is 0.484 e. The fraction of sp³-hybridized carbons (Fsp3) is 0.533. The molecule has 0 aliphatic carbocycles. The summed E-state index contributed by atoms with van der Waals surface area (Å²) in [5, 5.41) is 5.78. The molecule has 0 radical (unpaired) electrons. The van der Waals surface area contributed by atoms with E-state index in [0.717, 1.165) is 5.56 Å². The van der Waals surface area contributed by atoms with Gasteiger partial charge in [-0.15, -0.1) is 12.4 Å². The summed E-state index contributed by atoms with van der Waals surface area (Å²) in [5.74, 6) is -0.107. The molecule has 2 N–H and O–H groups in total. The average molecular weight is 355 g/mol. The number of nitrogens with one attached hydrogen (secondary N) is 2. The summed E-state index contributed by atoms with van der Waals surface area (Å²) in [7, 11) is 1.77. The van der Waals surface area contributed by atoms with Crippen LogP contribution < -0.4 is 15.4 Å². The zero-order valence-corrected chi connectivity index (χ0v) is 14.1. The topological polar surface area (TPSA) is 50.4 Å². The maximum atomic E-state index is 12.1. The van der Waals surface area contributed by atoms with Gasteiger partial charge >= 0.3 is 6.18 Å². The van der Waals surface area contributed by atoms with E-state index in [4.69, 9.17) is 0 Å². The van der Waals surface area contributed by atoms with Crippen LogP contribution in [0.4, 0.5) is 13.2 Å². The molecule has 2 atom stereocenters. The molecule has 0 aromatic heterocycles. The van der Waals surface area contributed by atoms with Crippen LogP contribution in [-0.2, 0) is 4.79 Å². The SMILES string of the molecule is CNCC(C)C(=O)NC(C)c1ccc(OCC(F)(F)F)cc1.Cl. The minimum absolute atomic E-state index is 0. The van der Waals surface area contributed by atoms with Crippen molar-refractivity contribution in [3.05, 3.63) is 29.8 Å². The smallest absolute Gasteiger partial charge is 0.422 e. The molecule has 1 amide bonds. The number of carbonyl (C=O) groups is 1. The summed E-state index contributed by atoms with van der Waals surface area (Å²) in [6.07, 6.45) is -4.36. The molecule has 1 aromatic rings. The lowest BCUT2D eigenvalue weighted by Crippen LogP contribution is -2.35. The Balaban J connectivity index is 0.00000484. The van der Waals surface area contributed by atoms with Gasteiger partial charge in [0.2, 0.25) is 5.91 Å². The zero-order chi connectivity index (χ0) is 16.8. The summed E-state index contributed by atoms with van der Waals surface area (Å²) in [6, 6.07) is 5.96. The molecule has 0 saturated heterocycles. The molecule has 0 fully saturated rings. The number of halogens is 4. The number of hydrogen-bond donors (Lipinski definition) is 2. The molecule has 0 spiro atoms. The van der Waals surface area contributed by atoms with Crippen molar-refractivity contribution in [2.24, 2.45) is 5.92 Å². The van der Waals surface area contributed by atoms with E-state index >= 15 is 0 Å². The van der Waals surface area contributed by atoms with E-state index in [2.05, 4.69) is 15.4 Å². The molecule has 132 valence electrons. The van der Waals surface area contributed by atoms with Crippen LogP contribution in [0.1, 0.15) is 25.5 Å². The van der Waals surface area contributed by atoms with Gasteiger partial charge in [-0.25, -0.2) is 0 Å². The van der Waals surface area contributed by atoms with Crippen molar-refractivity contribution in [3.8, 4) is 5.75 Å². The first-order valence-corrected chi connectivity index (χ1v) is 6.97. The molecule has 8 heteroatoms. The molecule has 4 nitrogen and oxygen atoms in total. The molecule has 23 heavy (non-hydrogen) atoms. The Hall–Kier alpha value is -1.47. The van der Waals surface area contributed by atoms with Crippen LogP contribution in [0.2, 0.25) is 0 Å². The van der Waals surface area contributed by atoms with E-state index in [9.17, 15) is 18.0 Å². The van der Waals surface area contributed by atoms with Gasteiger partial charge < -0.3 is 15.4 Å². The van der Waals surface area contributed by atoms with E-state index < -0.39 is 12.8 Å². The summed E-state index contributed by atoms with van der Waals surface area (Å²) in [5.41, 5.74) is 0.796. The quantitative estimate of drug-likeness (QED) is 0.791. The van der Waals surface area contributed by atoms with E-state index in [1.807, 2.05) is 13.8 Å². The van der Waals surface area contributed by atoms with E-state index in [-0.39, 0.29) is 36.0 Å². The zero-order valence-electron chi connectivity index (χ0n) is 13.2. The molecule has 1 aromatic carbocycles. The Labute approximate surface area is 140 Å². The average Bonchev–Trinajstić information content (AvgIpc) is 2.45. The normalized spacial score (nSPS) is 13.7. The summed E-state index contributed by atoms with van der Waals surface area (Å²) < 4.78 is 40.8. The van der Waals surface area contributed by atoms with Gasteiger partial charge in [-0.3, -0.25) is 4.79 Å². The number of alkyl halides is 3. The number of hydrogen-bond acceptors (Lipinski definition) is 3. The van der Waals surface area contributed by atoms with Gasteiger partial charge in [0.1, 0.15) is 5.75 Å². The highest BCUT2D eigenvalue weighted by molar-refractivity contribution is 5.85. The highest BCUT2D eigenvalue weighted by Crippen LogP contribution is 2.21. The van der Waals surface area contributed by atoms with E-state index in [0.29, 0.717) is 6.54 Å². The van der Waals surface area contributed by atoms with Crippen LogP contribution >= 0.6 is 12.4 Å². The van der Waals surface area contributed by atoms with Gasteiger partial charge in [0.25, 0.3) is 0 Å². The second-order valence-electron chi connectivity index (χ2n) is 5.16. The highest BCUT2D eigenvalue weighted by Gasteiger charge is 2.28. The van der Waals surface area contributed by atoms with Crippen LogP contribution in [-0.4, -0.2) is 32.3 Å². The summed E-state index contributed by atoms with van der Waals surface area (Å²) in [6.45, 7) is 2.88. The maximum Gasteiger partial charge on any atom is 0.422 e. The lowest BCUT2D eigenvalue weighted by molar-refractivity contribution is -0.153. The van der Waals surface area contributed by atoms with Crippen molar-refractivity contribution >= 4 is 18.3 Å².